The fourth-order valence-electron chi connectivity index (χ4n) is 2.81. The Morgan fingerprint density at radius 1 is 1.07 bits per heavy atom. The Hall–Kier alpha value is -2.12. The van der Waals surface area contributed by atoms with Gasteiger partial charge in [-0.1, -0.05) is 13.3 Å². The lowest BCUT2D eigenvalue weighted by Crippen LogP contribution is -2.45. The number of ketones is 1. The number of rotatable bonds is 8. The molecule has 0 spiro atoms. The maximum Gasteiger partial charge on any atom is 0.408 e. The van der Waals surface area contributed by atoms with Crippen LogP contribution >= 0.6 is 0 Å². The molecule has 1 fully saturated rings. The molecule has 8 nitrogen and oxygen atoms in total. The van der Waals surface area contributed by atoms with Crippen LogP contribution in [0.2, 0.25) is 0 Å². The van der Waals surface area contributed by atoms with E-state index >= 15 is 0 Å². The molecule has 1 saturated carbocycles. The molecule has 0 saturated heterocycles. The van der Waals surface area contributed by atoms with Crippen molar-refractivity contribution in [2.45, 2.75) is 90.4 Å². The molecule has 1 aliphatic rings. The molecule has 2 N–H and O–H groups in total. The minimum Gasteiger partial charge on any atom is -0.481 e. The second-order valence-electron chi connectivity index (χ2n) is 8.06. The number of alkyl carbamates (subject to hydrolysis) is 1. The van der Waals surface area contributed by atoms with E-state index in [1.165, 1.54) is 6.92 Å². The highest BCUT2D eigenvalue weighted by atomic mass is 16.6. The van der Waals surface area contributed by atoms with Crippen LogP contribution in [0.1, 0.15) is 72.6 Å². The lowest BCUT2D eigenvalue weighted by atomic mass is 9.97. The molecule has 0 aromatic heterocycles. The number of aliphatic carboxylic acids is 1. The molecule has 2 atom stereocenters. The third-order valence-electron chi connectivity index (χ3n) is 4.23. The van der Waals surface area contributed by atoms with Gasteiger partial charge in [0.2, 0.25) is 0 Å². The number of carbonyl (C=O) groups excluding carboxylic acids is 3. The number of Topliss-reactive ketones (excluding diaryl/α,β-unsaturated/α-hetero) is 1. The van der Waals surface area contributed by atoms with Crippen LogP contribution in [-0.4, -0.2) is 46.7 Å². The molecule has 1 rings (SSSR count). The van der Waals surface area contributed by atoms with E-state index in [0.717, 1.165) is 32.1 Å². The molecule has 0 aromatic carbocycles. The molecule has 0 heterocycles. The number of amides is 1. The fraction of sp³-hybridized carbons (Fsp3) is 0.789. The summed E-state index contributed by atoms with van der Waals surface area (Å²) in [6.07, 6.45) is 3.03. The molecule has 0 aliphatic heterocycles. The smallest absolute Gasteiger partial charge is 0.408 e. The first-order valence-electron chi connectivity index (χ1n) is 9.42. The molecular weight excluding hydrogens is 354 g/mol. The zero-order valence-electron chi connectivity index (χ0n) is 16.6. The standard InChI is InChI=1S/C19H31NO7/c1-12(17(23)24)10-15(21)14(20-18(25)27-19(2,3)4)11-16(22)26-13-8-6-5-7-9-13/h12-14H,5-11H2,1-4H3,(H,20,25)(H,23,24)/t12?,14-/m0/s1. The monoisotopic (exact) mass is 385 g/mol. The molecule has 27 heavy (non-hydrogen) atoms. The zero-order chi connectivity index (χ0) is 20.6. The van der Waals surface area contributed by atoms with Crippen molar-refractivity contribution in [2.75, 3.05) is 0 Å². The molecule has 1 amide bonds. The first-order chi connectivity index (χ1) is 12.5. The Kier molecular flexibility index (Phi) is 8.72. The van der Waals surface area contributed by atoms with Crippen LogP contribution in [0.15, 0.2) is 0 Å². The minimum absolute atomic E-state index is 0.165. The first kappa shape index (κ1) is 22.9. The van der Waals surface area contributed by atoms with Gasteiger partial charge in [0, 0.05) is 6.42 Å². The summed E-state index contributed by atoms with van der Waals surface area (Å²) in [5.74, 6) is -3.17. The lowest BCUT2D eigenvalue weighted by Gasteiger charge is -2.25. The van der Waals surface area contributed by atoms with Crippen LogP contribution in [0.3, 0.4) is 0 Å². The van der Waals surface area contributed by atoms with Gasteiger partial charge in [0.05, 0.1) is 12.3 Å². The van der Waals surface area contributed by atoms with Crippen molar-refractivity contribution in [1.29, 1.82) is 0 Å². The van der Waals surface area contributed by atoms with E-state index in [9.17, 15) is 19.2 Å². The minimum atomic E-state index is -1.18. The summed E-state index contributed by atoms with van der Waals surface area (Å²) >= 11 is 0. The number of carboxylic acid groups (broad SMARTS) is 1. The largest absolute Gasteiger partial charge is 0.481 e. The molecular formula is C19H31NO7. The Bertz CT molecular complexity index is 547. The number of nitrogens with one attached hydrogen (secondary N) is 1. The second kappa shape index (κ2) is 10.3. The van der Waals surface area contributed by atoms with Crippen LogP contribution in [-0.2, 0) is 23.9 Å². The summed E-state index contributed by atoms with van der Waals surface area (Å²) in [6.45, 7) is 6.42. The van der Waals surface area contributed by atoms with Crippen molar-refractivity contribution in [1.82, 2.24) is 5.32 Å². The van der Waals surface area contributed by atoms with E-state index in [4.69, 9.17) is 14.6 Å². The van der Waals surface area contributed by atoms with Gasteiger partial charge in [-0.15, -0.1) is 0 Å². The van der Waals surface area contributed by atoms with Crippen LogP contribution in [0, 0.1) is 5.92 Å². The molecule has 0 bridgehead atoms. The summed E-state index contributed by atoms with van der Waals surface area (Å²) in [5, 5.41) is 11.4. The number of carbonyl (C=O) groups is 4. The third kappa shape index (κ3) is 9.40. The number of ether oxygens (including phenoxy) is 2. The van der Waals surface area contributed by atoms with Gasteiger partial charge in [0.1, 0.15) is 17.7 Å². The Morgan fingerprint density at radius 3 is 2.19 bits per heavy atom. The van der Waals surface area contributed by atoms with Crippen LogP contribution in [0.25, 0.3) is 0 Å². The number of hydrogen-bond donors (Lipinski definition) is 2. The van der Waals surface area contributed by atoms with Crippen LogP contribution < -0.4 is 5.32 Å². The summed E-state index contributed by atoms with van der Waals surface area (Å²) < 4.78 is 10.5. The number of carboxylic acids is 1. The Labute approximate surface area is 160 Å². The average Bonchev–Trinajstić information content (AvgIpc) is 2.53. The van der Waals surface area contributed by atoms with Gasteiger partial charge in [-0.3, -0.25) is 14.4 Å². The van der Waals surface area contributed by atoms with Gasteiger partial charge < -0.3 is 19.9 Å². The molecule has 0 radical (unpaired) electrons. The Morgan fingerprint density at radius 2 is 1.67 bits per heavy atom. The SMILES string of the molecule is CC(CC(=O)[C@H](CC(=O)OC1CCCCC1)NC(=O)OC(C)(C)C)C(=O)O. The Balaban J connectivity index is 2.72. The summed E-state index contributed by atoms with van der Waals surface area (Å²) in [7, 11) is 0. The van der Waals surface area contributed by atoms with Gasteiger partial charge in [0.15, 0.2) is 5.78 Å². The van der Waals surface area contributed by atoms with E-state index in [1.807, 2.05) is 0 Å². The zero-order valence-corrected chi connectivity index (χ0v) is 16.6. The quantitative estimate of drug-likeness (QED) is 0.617. The van der Waals surface area contributed by atoms with Gasteiger partial charge in [0.25, 0.3) is 0 Å². The lowest BCUT2D eigenvalue weighted by molar-refractivity contribution is -0.152. The maximum atomic E-state index is 12.4. The molecule has 1 aliphatic carbocycles. The van der Waals surface area contributed by atoms with Crippen molar-refractivity contribution < 1.29 is 33.8 Å². The van der Waals surface area contributed by atoms with Crippen molar-refractivity contribution in [2.24, 2.45) is 5.92 Å². The number of hydrogen-bond acceptors (Lipinski definition) is 6. The van der Waals surface area contributed by atoms with E-state index in [0.29, 0.717) is 0 Å². The van der Waals surface area contributed by atoms with Gasteiger partial charge in [-0.25, -0.2) is 4.79 Å². The fourth-order valence-corrected chi connectivity index (χ4v) is 2.81. The topological polar surface area (TPSA) is 119 Å². The summed E-state index contributed by atoms with van der Waals surface area (Å²) in [4.78, 5) is 47.7. The molecule has 8 heteroatoms. The maximum absolute atomic E-state index is 12.4. The van der Waals surface area contributed by atoms with Gasteiger partial charge >= 0.3 is 18.0 Å². The van der Waals surface area contributed by atoms with E-state index in [-0.39, 0.29) is 18.9 Å². The van der Waals surface area contributed by atoms with Crippen LogP contribution in [0.4, 0.5) is 4.79 Å². The predicted octanol–water partition coefficient (Wildman–Crippen LogP) is 2.83. The van der Waals surface area contributed by atoms with E-state index in [2.05, 4.69) is 5.32 Å². The first-order valence-corrected chi connectivity index (χ1v) is 9.42. The third-order valence-corrected chi connectivity index (χ3v) is 4.23. The van der Waals surface area contributed by atoms with Gasteiger partial charge in [-0.05, 0) is 46.5 Å². The number of esters is 1. The molecule has 154 valence electrons. The average molecular weight is 385 g/mol. The van der Waals surface area contributed by atoms with Gasteiger partial charge in [-0.2, -0.15) is 0 Å². The van der Waals surface area contributed by atoms with Crippen LogP contribution in [0.5, 0.6) is 0 Å². The van der Waals surface area contributed by atoms with Crippen molar-refractivity contribution >= 4 is 23.8 Å². The highest BCUT2D eigenvalue weighted by Crippen LogP contribution is 2.21. The van der Waals surface area contributed by atoms with Crippen molar-refractivity contribution in [3.8, 4) is 0 Å². The van der Waals surface area contributed by atoms with E-state index in [1.54, 1.807) is 20.8 Å². The van der Waals surface area contributed by atoms with Crippen molar-refractivity contribution in [3.05, 3.63) is 0 Å². The second-order valence-corrected chi connectivity index (χ2v) is 8.06. The summed E-state index contributed by atoms with van der Waals surface area (Å²) in [5.41, 5.74) is -0.769. The normalized spacial score (nSPS) is 17.5. The highest BCUT2D eigenvalue weighted by molar-refractivity contribution is 5.93. The van der Waals surface area contributed by atoms with E-state index < -0.39 is 41.4 Å². The predicted molar refractivity (Wildman–Crippen MR) is 97.2 cm³/mol. The molecule has 0 aromatic rings. The van der Waals surface area contributed by atoms with Crippen molar-refractivity contribution in [3.63, 3.8) is 0 Å². The summed E-state index contributed by atoms with van der Waals surface area (Å²) in [6, 6.07) is -1.18. The molecule has 1 unspecified atom stereocenters. The highest BCUT2D eigenvalue weighted by Gasteiger charge is 2.30.